The fourth-order valence-electron chi connectivity index (χ4n) is 2.87. The monoisotopic (exact) mass is 363 g/mol. The summed E-state index contributed by atoms with van der Waals surface area (Å²) in [6.45, 7) is 4.49. The summed E-state index contributed by atoms with van der Waals surface area (Å²) in [5.74, 6) is -0.105. The van der Waals surface area contributed by atoms with Crippen molar-refractivity contribution in [3.8, 4) is 0 Å². The maximum Gasteiger partial charge on any atom is 0.243 e. The van der Waals surface area contributed by atoms with E-state index in [1.165, 1.54) is 10.6 Å². The molecule has 25 heavy (non-hydrogen) atoms. The Morgan fingerprint density at radius 2 is 1.96 bits per heavy atom. The average Bonchev–Trinajstić information content (AvgIpc) is 3.10. The summed E-state index contributed by atoms with van der Waals surface area (Å²) in [5.41, 5.74) is 2.00. The average molecular weight is 363 g/mol. The molecule has 1 aliphatic heterocycles. The van der Waals surface area contributed by atoms with Crippen LogP contribution < -0.4 is 5.32 Å². The Labute approximate surface area is 146 Å². The molecule has 2 heterocycles. The first-order valence-electron chi connectivity index (χ1n) is 8.11. The third-order valence-electron chi connectivity index (χ3n) is 4.60. The second-order valence-corrected chi connectivity index (χ2v) is 8.19. The van der Waals surface area contributed by atoms with Gasteiger partial charge >= 0.3 is 0 Å². The van der Waals surface area contributed by atoms with E-state index in [2.05, 4.69) is 20.5 Å². The molecular weight excluding hydrogens is 342 g/mol. The number of hydrogen-bond donors (Lipinski definition) is 2. The van der Waals surface area contributed by atoms with Crippen LogP contribution >= 0.6 is 0 Å². The number of aryl methyl sites for hydroxylation is 2. The predicted molar refractivity (Wildman–Crippen MR) is 92.4 cm³/mol. The highest BCUT2D eigenvalue weighted by Gasteiger charge is 2.32. The van der Waals surface area contributed by atoms with Gasteiger partial charge in [-0.1, -0.05) is 6.07 Å². The molecule has 1 saturated heterocycles. The van der Waals surface area contributed by atoms with Crippen LogP contribution in [-0.4, -0.2) is 46.9 Å². The van der Waals surface area contributed by atoms with Gasteiger partial charge in [-0.3, -0.25) is 10.1 Å². The Balaban J connectivity index is 1.64. The van der Waals surface area contributed by atoms with E-state index in [1.807, 2.05) is 19.9 Å². The van der Waals surface area contributed by atoms with Gasteiger partial charge in [0.2, 0.25) is 21.9 Å². The largest absolute Gasteiger partial charge is 0.295 e. The fraction of sp³-hybridized carbons (Fsp3) is 0.438. The number of carbonyl (C=O) groups is 1. The molecule has 134 valence electrons. The summed E-state index contributed by atoms with van der Waals surface area (Å²) >= 11 is 0. The molecule has 9 heteroatoms. The van der Waals surface area contributed by atoms with Crippen LogP contribution in [0.3, 0.4) is 0 Å². The number of sulfonamides is 1. The molecule has 8 nitrogen and oxygen atoms in total. The van der Waals surface area contributed by atoms with E-state index in [0.29, 0.717) is 36.8 Å². The van der Waals surface area contributed by atoms with E-state index in [-0.39, 0.29) is 11.8 Å². The van der Waals surface area contributed by atoms with Crippen LogP contribution in [0.2, 0.25) is 0 Å². The Hall–Kier alpha value is -2.26. The van der Waals surface area contributed by atoms with Gasteiger partial charge in [-0.2, -0.15) is 14.4 Å². The molecule has 0 aliphatic carbocycles. The van der Waals surface area contributed by atoms with Gasteiger partial charge in [0, 0.05) is 19.0 Å². The van der Waals surface area contributed by atoms with Gasteiger partial charge in [0.15, 0.2) is 0 Å². The quantitative estimate of drug-likeness (QED) is 0.855. The van der Waals surface area contributed by atoms with Crippen LogP contribution in [0.25, 0.3) is 0 Å². The molecule has 0 radical (unpaired) electrons. The number of carbonyl (C=O) groups excluding carboxylic acids is 1. The molecule has 0 bridgehead atoms. The van der Waals surface area contributed by atoms with Crippen molar-refractivity contribution in [1.29, 1.82) is 0 Å². The molecule has 2 aromatic rings. The Kier molecular flexibility index (Phi) is 4.87. The summed E-state index contributed by atoms with van der Waals surface area (Å²) in [6, 6.07) is 5.16. The second kappa shape index (κ2) is 6.93. The van der Waals surface area contributed by atoms with Crippen molar-refractivity contribution in [1.82, 2.24) is 19.5 Å². The molecule has 1 aliphatic rings. The lowest BCUT2D eigenvalue weighted by Crippen LogP contribution is -2.41. The van der Waals surface area contributed by atoms with Crippen LogP contribution in [0, 0.1) is 19.8 Å². The number of rotatable bonds is 4. The van der Waals surface area contributed by atoms with Crippen molar-refractivity contribution in [2.45, 2.75) is 31.6 Å². The molecule has 1 aromatic carbocycles. The van der Waals surface area contributed by atoms with Gasteiger partial charge in [0.05, 0.1) is 4.90 Å². The van der Waals surface area contributed by atoms with Crippen molar-refractivity contribution in [2.75, 3.05) is 18.4 Å². The molecule has 1 amide bonds. The summed E-state index contributed by atoms with van der Waals surface area (Å²) in [6.07, 6.45) is 2.27. The predicted octanol–water partition coefficient (Wildman–Crippen LogP) is 1.46. The first kappa shape index (κ1) is 17.6. The number of H-pyrrole nitrogens is 1. The first-order valence-corrected chi connectivity index (χ1v) is 9.55. The van der Waals surface area contributed by atoms with E-state index in [4.69, 9.17) is 0 Å². The minimum absolute atomic E-state index is 0.167. The van der Waals surface area contributed by atoms with Gasteiger partial charge in [-0.25, -0.2) is 13.5 Å². The highest BCUT2D eigenvalue weighted by atomic mass is 32.2. The highest BCUT2D eigenvalue weighted by molar-refractivity contribution is 7.89. The molecule has 0 unspecified atom stereocenters. The van der Waals surface area contributed by atoms with Gasteiger partial charge in [-0.05, 0) is 49.9 Å². The lowest BCUT2D eigenvalue weighted by atomic mass is 9.97. The van der Waals surface area contributed by atoms with Gasteiger partial charge in [0.1, 0.15) is 6.33 Å². The zero-order valence-corrected chi connectivity index (χ0v) is 15.0. The minimum atomic E-state index is -3.53. The topological polar surface area (TPSA) is 108 Å². The number of aromatic amines is 1. The third kappa shape index (κ3) is 3.72. The maximum atomic E-state index is 12.8. The lowest BCUT2D eigenvalue weighted by Gasteiger charge is -2.30. The van der Waals surface area contributed by atoms with E-state index in [1.54, 1.807) is 12.1 Å². The number of aromatic nitrogens is 3. The number of nitrogens with zero attached hydrogens (tertiary/aromatic N) is 3. The van der Waals surface area contributed by atoms with Crippen molar-refractivity contribution >= 4 is 21.9 Å². The molecular formula is C16H21N5O3S. The van der Waals surface area contributed by atoms with Gasteiger partial charge < -0.3 is 0 Å². The zero-order valence-electron chi connectivity index (χ0n) is 14.2. The zero-order chi connectivity index (χ0) is 18.0. The smallest absolute Gasteiger partial charge is 0.243 e. The molecule has 0 saturated carbocycles. The van der Waals surface area contributed by atoms with Crippen LogP contribution in [0.15, 0.2) is 29.4 Å². The van der Waals surface area contributed by atoms with E-state index < -0.39 is 10.0 Å². The normalized spacial score (nSPS) is 16.7. The maximum absolute atomic E-state index is 12.8. The minimum Gasteiger partial charge on any atom is -0.295 e. The number of hydrogen-bond acceptors (Lipinski definition) is 5. The van der Waals surface area contributed by atoms with Gasteiger partial charge in [0.25, 0.3) is 0 Å². The van der Waals surface area contributed by atoms with Crippen LogP contribution in [-0.2, 0) is 14.8 Å². The highest BCUT2D eigenvalue weighted by Crippen LogP contribution is 2.25. The molecule has 0 atom stereocenters. The van der Waals surface area contributed by atoms with Crippen molar-refractivity contribution in [3.05, 3.63) is 35.7 Å². The van der Waals surface area contributed by atoms with Crippen LogP contribution in [0.4, 0.5) is 5.95 Å². The second-order valence-electron chi connectivity index (χ2n) is 6.25. The van der Waals surface area contributed by atoms with Crippen molar-refractivity contribution in [3.63, 3.8) is 0 Å². The van der Waals surface area contributed by atoms with Crippen molar-refractivity contribution < 1.29 is 13.2 Å². The molecule has 1 aromatic heterocycles. The Morgan fingerprint density at radius 3 is 2.56 bits per heavy atom. The number of piperidine rings is 1. The van der Waals surface area contributed by atoms with Crippen LogP contribution in [0.5, 0.6) is 0 Å². The standard InChI is InChI=1S/C16H21N5O3S/c1-11-3-4-14(9-12(11)2)25(23,24)21-7-5-13(6-8-21)15(22)19-16-17-10-18-20-16/h3-4,9-10,13H,5-8H2,1-2H3,(H2,17,18,19,20,22). The Morgan fingerprint density at radius 1 is 1.24 bits per heavy atom. The van der Waals surface area contributed by atoms with E-state index in [0.717, 1.165) is 11.1 Å². The summed E-state index contributed by atoms with van der Waals surface area (Å²) < 4.78 is 27.0. The SMILES string of the molecule is Cc1ccc(S(=O)(=O)N2CCC(C(=O)Nc3ncn[nH]3)CC2)cc1C. The fourth-order valence-corrected chi connectivity index (χ4v) is 4.42. The van der Waals surface area contributed by atoms with Gasteiger partial charge in [-0.15, -0.1) is 0 Å². The van der Waals surface area contributed by atoms with Crippen molar-refractivity contribution in [2.24, 2.45) is 5.92 Å². The number of benzene rings is 1. The molecule has 0 spiro atoms. The van der Waals surface area contributed by atoms with E-state index in [9.17, 15) is 13.2 Å². The van der Waals surface area contributed by atoms with E-state index >= 15 is 0 Å². The summed E-state index contributed by atoms with van der Waals surface area (Å²) in [7, 11) is -3.53. The molecule has 1 fully saturated rings. The number of amides is 1. The first-order chi connectivity index (χ1) is 11.9. The molecule has 2 N–H and O–H groups in total. The summed E-state index contributed by atoms with van der Waals surface area (Å²) in [4.78, 5) is 16.4. The number of nitrogens with one attached hydrogen (secondary N) is 2. The summed E-state index contributed by atoms with van der Waals surface area (Å²) in [5, 5.41) is 8.90. The lowest BCUT2D eigenvalue weighted by molar-refractivity contribution is -0.121. The molecule has 3 rings (SSSR count). The third-order valence-corrected chi connectivity index (χ3v) is 6.49. The Bertz CT molecular complexity index is 856. The van der Waals surface area contributed by atoms with Crippen LogP contribution in [0.1, 0.15) is 24.0 Å². The number of anilines is 1.